The third-order valence-electron chi connectivity index (χ3n) is 5.78. The third-order valence-corrected chi connectivity index (χ3v) is 5.78. The van der Waals surface area contributed by atoms with Crippen molar-refractivity contribution < 1.29 is 37.3 Å². The van der Waals surface area contributed by atoms with E-state index in [9.17, 15) is 27.9 Å². The number of anilines is 1. The minimum atomic E-state index is -5.05. The maximum absolute atomic E-state index is 12.8. The van der Waals surface area contributed by atoms with Crippen LogP contribution in [0.25, 0.3) is 21.5 Å². The number of fused-ring (bicyclic) bond motifs is 1. The molecule has 0 bridgehead atoms. The van der Waals surface area contributed by atoms with Crippen LogP contribution in [0.4, 0.5) is 19.0 Å². The van der Waals surface area contributed by atoms with E-state index in [2.05, 4.69) is 37.2 Å². The Hall–Kier alpha value is -4.68. The van der Waals surface area contributed by atoms with Gasteiger partial charge in [0.2, 0.25) is 0 Å². The molecule has 3 heterocycles. The molecular weight excluding hydrogens is 537 g/mol. The summed E-state index contributed by atoms with van der Waals surface area (Å²) in [4.78, 5) is 35.0. The molecule has 40 heavy (non-hydrogen) atoms. The summed E-state index contributed by atoms with van der Waals surface area (Å²) in [6, 6.07) is 8.31. The van der Waals surface area contributed by atoms with Crippen LogP contribution in [0.5, 0.6) is 0 Å². The molecule has 2 aromatic heterocycles. The average molecular weight is 558 g/mol. The van der Waals surface area contributed by atoms with E-state index in [1.54, 1.807) is 40.2 Å². The summed E-state index contributed by atoms with van der Waals surface area (Å²) in [5.74, 6) is 2.62. The Bertz CT molecular complexity index is 1500. The number of benzene rings is 1. The van der Waals surface area contributed by atoms with Crippen LogP contribution in [-0.4, -0.2) is 69.7 Å². The van der Waals surface area contributed by atoms with E-state index in [-0.39, 0.29) is 35.6 Å². The zero-order valence-corrected chi connectivity index (χ0v) is 20.5. The van der Waals surface area contributed by atoms with Gasteiger partial charge in [-0.15, -0.1) is 0 Å². The van der Waals surface area contributed by atoms with E-state index < -0.39 is 49.6 Å². The van der Waals surface area contributed by atoms with Crippen molar-refractivity contribution >= 4 is 28.7 Å². The first kappa shape index (κ1) is 28.3. The number of aliphatic hydroxyl groups excluding tert-OH is 1. The fourth-order valence-corrected chi connectivity index (χ4v) is 3.99. The predicted molar refractivity (Wildman–Crippen MR) is 132 cm³/mol. The average Bonchev–Trinajstić information content (AvgIpc) is 3.52. The van der Waals surface area contributed by atoms with E-state index in [0.717, 1.165) is 0 Å². The highest BCUT2D eigenvalue weighted by molar-refractivity contribution is 6.08. The number of nitrogens with one attached hydrogen (secondary N) is 2. The van der Waals surface area contributed by atoms with Crippen molar-refractivity contribution in [3.8, 4) is 11.8 Å². The molecule has 0 saturated carbocycles. The summed E-state index contributed by atoms with van der Waals surface area (Å²) < 4.78 is 50.5. The Labute approximate surface area is 223 Å². The van der Waals surface area contributed by atoms with Crippen molar-refractivity contribution in [1.29, 1.82) is 0 Å². The summed E-state index contributed by atoms with van der Waals surface area (Å²) in [6.45, 7) is -1.28. The standard InChI is InChI=1S/C24H21F3N8O5/c25-24(26,27)23(38)29-8-4-7-15-10-35(18-9-16(17(11-36)40-18)39-13-32-34-28)21-19(15)20(30-12-31-21)33-22(37)14-5-2-1-3-6-14/h1-3,5-6,10,12,16-18,36H,8-9,11,13H2,(H,29,38)(H,30,31,33,37)/t16?,17-,18-/m1/s1. The lowest BCUT2D eigenvalue weighted by Gasteiger charge is -2.15. The number of ether oxygens (including phenoxy) is 2. The van der Waals surface area contributed by atoms with Crippen LogP contribution >= 0.6 is 0 Å². The van der Waals surface area contributed by atoms with Gasteiger partial charge in [-0.2, -0.15) is 13.2 Å². The summed E-state index contributed by atoms with van der Waals surface area (Å²) in [7, 11) is 0. The number of hydrogen-bond acceptors (Lipinski definition) is 8. The fourth-order valence-electron chi connectivity index (χ4n) is 3.99. The van der Waals surface area contributed by atoms with E-state index in [0.29, 0.717) is 5.56 Å². The van der Waals surface area contributed by atoms with Gasteiger partial charge in [0.15, 0.2) is 0 Å². The van der Waals surface area contributed by atoms with Gasteiger partial charge in [0.05, 0.1) is 30.2 Å². The van der Waals surface area contributed by atoms with Gasteiger partial charge in [0.25, 0.3) is 5.91 Å². The zero-order chi connectivity index (χ0) is 28.7. The van der Waals surface area contributed by atoms with Crippen LogP contribution < -0.4 is 10.6 Å². The highest BCUT2D eigenvalue weighted by Gasteiger charge is 2.39. The molecule has 3 aromatic rings. The zero-order valence-electron chi connectivity index (χ0n) is 20.5. The first-order valence-corrected chi connectivity index (χ1v) is 11.7. The van der Waals surface area contributed by atoms with Gasteiger partial charge in [0.1, 0.15) is 36.9 Å². The molecule has 13 nitrogen and oxygen atoms in total. The number of aromatic nitrogens is 3. The van der Waals surface area contributed by atoms with E-state index in [1.807, 2.05) is 0 Å². The molecule has 3 N–H and O–H groups in total. The van der Waals surface area contributed by atoms with E-state index in [4.69, 9.17) is 15.0 Å². The van der Waals surface area contributed by atoms with Crippen LogP contribution in [0, 0.1) is 11.8 Å². The first-order valence-electron chi connectivity index (χ1n) is 11.7. The normalized spacial score (nSPS) is 18.4. The molecule has 0 spiro atoms. The maximum Gasteiger partial charge on any atom is 0.471 e. The molecule has 1 aromatic carbocycles. The van der Waals surface area contributed by atoms with Crippen molar-refractivity contribution in [3.63, 3.8) is 0 Å². The van der Waals surface area contributed by atoms with Crippen molar-refractivity contribution in [2.45, 2.75) is 31.0 Å². The first-order chi connectivity index (χ1) is 19.2. The van der Waals surface area contributed by atoms with Crippen LogP contribution in [-0.2, 0) is 14.3 Å². The third kappa shape index (κ3) is 6.47. The molecule has 208 valence electrons. The highest BCUT2D eigenvalue weighted by atomic mass is 19.4. The lowest BCUT2D eigenvalue weighted by molar-refractivity contribution is -0.173. The Morgan fingerprint density at radius 3 is 2.77 bits per heavy atom. The van der Waals surface area contributed by atoms with Gasteiger partial charge in [0, 0.05) is 23.1 Å². The van der Waals surface area contributed by atoms with Gasteiger partial charge >= 0.3 is 12.1 Å². The monoisotopic (exact) mass is 558 g/mol. The van der Waals surface area contributed by atoms with Crippen LogP contribution in [0.15, 0.2) is 48.0 Å². The minimum Gasteiger partial charge on any atom is -0.394 e. The number of amides is 2. The van der Waals surface area contributed by atoms with Crippen molar-refractivity contribution in [1.82, 2.24) is 19.9 Å². The summed E-state index contributed by atoms with van der Waals surface area (Å²) >= 11 is 0. The summed E-state index contributed by atoms with van der Waals surface area (Å²) in [5.41, 5.74) is 9.33. The van der Waals surface area contributed by atoms with E-state index >= 15 is 0 Å². The second-order valence-electron chi connectivity index (χ2n) is 8.29. The second kappa shape index (κ2) is 12.5. The molecule has 0 radical (unpaired) electrons. The molecule has 2 amide bonds. The number of carbonyl (C=O) groups is 2. The summed E-state index contributed by atoms with van der Waals surface area (Å²) in [6.07, 6.45) is -4.28. The van der Waals surface area contributed by atoms with Gasteiger partial charge in [-0.05, 0) is 17.7 Å². The largest absolute Gasteiger partial charge is 0.471 e. The number of hydrogen-bond donors (Lipinski definition) is 3. The molecule has 1 fully saturated rings. The fraction of sp³-hybridized carbons (Fsp3) is 0.333. The Morgan fingerprint density at radius 2 is 2.08 bits per heavy atom. The molecule has 1 unspecified atom stereocenters. The molecule has 1 saturated heterocycles. The quantitative estimate of drug-likeness (QED) is 0.165. The molecule has 1 aliphatic rings. The number of nitrogens with zero attached hydrogens (tertiary/aromatic N) is 6. The number of alkyl halides is 3. The molecule has 4 rings (SSSR count). The topological polar surface area (TPSA) is 176 Å². The Balaban J connectivity index is 1.69. The van der Waals surface area contributed by atoms with Crippen LogP contribution in [0.2, 0.25) is 0 Å². The Morgan fingerprint density at radius 1 is 1.30 bits per heavy atom. The SMILES string of the molecule is [N-]=[N+]=NCOC1C[C@H](n2cc(C#CCNC(=O)C(F)(F)F)c3c(NC(=O)c4ccccc4)ncnc32)O[C@@H]1CO. The smallest absolute Gasteiger partial charge is 0.394 e. The number of halogens is 3. The van der Waals surface area contributed by atoms with Gasteiger partial charge in [-0.3, -0.25) is 9.59 Å². The maximum atomic E-state index is 12.8. The minimum absolute atomic E-state index is 0.0779. The van der Waals surface area contributed by atoms with Crippen LogP contribution in [0.3, 0.4) is 0 Å². The predicted octanol–water partition coefficient (Wildman–Crippen LogP) is 2.65. The van der Waals surface area contributed by atoms with Gasteiger partial charge < -0.3 is 29.8 Å². The molecule has 3 atom stereocenters. The number of aliphatic hydroxyl groups is 1. The molecule has 16 heteroatoms. The van der Waals surface area contributed by atoms with Crippen molar-refractivity contribution in [2.24, 2.45) is 5.11 Å². The van der Waals surface area contributed by atoms with E-state index in [1.165, 1.54) is 12.5 Å². The molecular formula is C24H21F3N8O5. The second-order valence-corrected chi connectivity index (χ2v) is 8.29. The number of rotatable bonds is 8. The molecule has 1 aliphatic heterocycles. The number of carbonyl (C=O) groups excluding carboxylic acids is 2. The van der Waals surface area contributed by atoms with Gasteiger partial charge in [-0.25, -0.2) is 9.97 Å². The Kier molecular flexibility index (Phi) is 8.82. The molecule has 0 aliphatic carbocycles. The number of azide groups is 1. The summed E-state index contributed by atoms with van der Waals surface area (Å²) in [5, 5.41) is 17.7. The lowest BCUT2D eigenvalue weighted by atomic mass is 10.2. The lowest BCUT2D eigenvalue weighted by Crippen LogP contribution is -2.36. The van der Waals surface area contributed by atoms with Crippen molar-refractivity contribution in [3.05, 3.63) is 64.4 Å². The van der Waals surface area contributed by atoms with Gasteiger partial charge in [-0.1, -0.05) is 35.2 Å². The van der Waals surface area contributed by atoms with Crippen LogP contribution in [0.1, 0.15) is 28.6 Å². The van der Waals surface area contributed by atoms with Crippen molar-refractivity contribution in [2.75, 3.05) is 25.2 Å². The highest BCUT2D eigenvalue weighted by Crippen LogP contribution is 2.35.